The fourth-order valence-electron chi connectivity index (χ4n) is 3.97. The van der Waals surface area contributed by atoms with Gasteiger partial charge in [0, 0.05) is 21.5 Å². The molecule has 0 saturated carbocycles. The lowest BCUT2D eigenvalue weighted by Crippen LogP contribution is -2.18. The van der Waals surface area contributed by atoms with Gasteiger partial charge in [-0.1, -0.05) is 65.8 Å². The predicted molar refractivity (Wildman–Crippen MR) is 136 cm³/mol. The monoisotopic (exact) mass is 473 g/mol. The summed E-state index contributed by atoms with van der Waals surface area (Å²) in [5, 5.41) is 14.7. The topological polar surface area (TPSA) is 65.8 Å². The molecule has 1 unspecified atom stereocenters. The maximum Gasteiger partial charge on any atom is 0.258 e. The molecule has 2 aromatic carbocycles. The summed E-state index contributed by atoms with van der Waals surface area (Å²) >= 11 is 7.71. The molecule has 6 heteroatoms. The standard InChI is InChI=1S/C27H24ClN3OS/c1-17-8-6-7-11-23(17)31-26(32)24-18(2)30-27(33-21-9-4-3-5-10-21)22(16-29)25(24)19-12-14-20(28)15-13-19/h4,6-9,11-15,21H,3,5,10H2,1-2H3,(H,31,32). The van der Waals surface area contributed by atoms with Gasteiger partial charge in [0.25, 0.3) is 5.91 Å². The van der Waals surface area contributed by atoms with Crippen LogP contribution in [0.2, 0.25) is 5.02 Å². The van der Waals surface area contributed by atoms with E-state index in [1.54, 1.807) is 23.9 Å². The van der Waals surface area contributed by atoms with E-state index in [1.807, 2.05) is 50.2 Å². The van der Waals surface area contributed by atoms with Crippen LogP contribution in [0.3, 0.4) is 0 Å². The molecule has 4 rings (SSSR count). The summed E-state index contributed by atoms with van der Waals surface area (Å²) in [6.07, 6.45) is 7.62. The molecule has 1 aromatic heterocycles. The zero-order chi connectivity index (χ0) is 23.4. The molecule has 0 saturated heterocycles. The fourth-order valence-corrected chi connectivity index (χ4v) is 5.31. The largest absolute Gasteiger partial charge is 0.322 e. The van der Waals surface area contributed by atoms with Crippen molar-refractivity contribution in [1.29, 1.82) is 5.26 Å². The number of hydrogen-bond acceptors (Lipinski definition) is 4. The highest BCUT2D eigenvalue weighted by molar-refractivity contribution is 8.00. The first-order valence-corrected chi connectivity index (χ1v) is 12.1. The van der Waals surface area contributed by atoms with Gasteiger partial charge in [0.2, 0.25) is 0 Å². The van der Waals surface area contributed by atoms with Gasteiger partial charge in [-0.3, -0.25) is 4.79 Å². The van der Waals surface area contributed by atoms with Crippen molar-refractivity contribution in [2.75, 3.05) is 5.32 Å². The number of pyridine rings is 1. The number of carbonyl (C=O) groups is 1. The van der Waals surface area contributed by atoms with Crippen molar-refractivity contribution in [3.63, 3.8) is 0 Å². The zero-order valence-corrected chi connectivity index (χ0v) is 20.1. The Morgan fingerprint density at radius 2 is 1.94 bits per heavy atom. The van der Waals surface area contributed by atoms with Gasteiger partial charge in [0.1, 0.15) is 11.1 Å². The van der Waals surface area contributed by atoms with Crippen molar-refractivity contribution in [2.24, 2.45) is 0 Å². The molecule has 33 heavy (non-hydrogen) atoms. The summed E-state index contributed by atoms with van der Waals surface area (Å²) in [7, 11) is 0. The maximum atomic E-state index is 13.5. The lowest BCUT2D eigenvalue weighted by atomic mass is 9.94. The third-order valence-corrected chi connectivity index (χ3v) is 7.15. The predicted octanol–water partition coefficient (Wildman–Crippen LogP) is 7.34. The smallest absolute Gasteiger partial charge is 0.258 e. The first kappa shape index (κ1) is 23.1. The molecule has 0 radical (unpaired) electrons. The molecular weight excluding hydrogens is 450 g/mol. The molecular formula is C27H24ClN3OS. The van der Waals surface area contributed by atoms with Gasteiger partial charge < -0.3 is 5.32 Å². The van der Waals surface area contributed by atoms with Crippen LogP contribution in [-0.2, 0) is 0 Å². The number of carbonyl (C=O) groups excluding carboxylic acids is 1. The molecule has 3 aromatic rings. The lowest BCUT2D eigenvalue weighted by molar-refractivity contribution is 0.102. The number of thioether (sulfide) groups is 1. The van der Waals surface area contributed by atoms with Gasteiger partial charge in [-0.2, -0.15) is 5.26 Å². The Hall–Kier alpha value is -3.07. The van der Waals surface area contributed by atoms with Crippen molar-refractivity contribution in [1.82, 2.24) is 4.98 Å². The van der Waals surface area contributed by atoms with E-state index < -0.39 is 0 Å². The third-order valence-electron chi connectivity index (χ3n) is 5.68. The summed E-state index contributed by atoms with van der Waals surface area (Å²) in [6.45, 7) is 3.77. The molecule has 1 atom stereocenters. The summed E-state index contributed by atoms with van der Waals surface area (Å²) in [5.41, 5.74) is 4.46. The minimum atomic E-state index is -0.287. The van der Waals surface area contributed by atoms with E-state index in [0.29, 0.717) is 32.4 Å². The van der Waals surface area contributed by atoms with Crippen LogP contribution in [0.1, 0.15) is 46.4 Å². The highest BCUT2D eigenvalue weighted by Gasteiger charge is 2.26. The minimum Gasteiger partial charge on any atom is -0.322 e. The second-order valence-corrected chi connectivity index (χ2v) is 9.69. The van der Waals surface area contributed by atoms with Gasteiger partial charge in [0.15, 0.2) is 0 Å². The third kappa shape index (κ3) is 5.13. The molecule has 1 aliphatic carbocycles. The second-order valence-electron chi connectivity index (χ2n) is 8.03. The number of allylic oxidation sites excluding steroid dienone is 1. The number of para-hydroxylation sites is 1. The molecule has 0 spiro atoms. The van der Waals surface area contributed by atoms with Crippen molar-refractivity contribution in [2.45, 2.75) is 43.4 Å². The van der Waals surface area contributed by atoms with Crippen LogP contribution in [0.25, 0.3) is 11.1 Å². The Morgan fingerprint density at radius 3 is 2.61 bits per heavy atom. The lowest BCUT2D eigenvalue weighted by Gasteiger charge is -2.20. The van der Waals surface area contributed by atoms with Crippen LogP contribution in [-0.4, -0.2) is 16.1 Å². The number of amides is 1. The normalized spacial score (nSPS) is 15.2. The van der Waals surface area contributed by atoms with Gasteiger partial charge >= 0.3 is 0 Å². The zero-order valence-electron chi connectivity index (χ0n) is 18.6. The molecule has 166 valence electrons. The van der Waals surface area contributed by atoms with Crippen LogP contribution < -0.4 is 5.32 Å². The van der Waals surface area contributed by atoms with E-state index in [9.17, 15) is 10.1 Å². The highest BCUT2D eigenvalue weighted by atomic mass is 35.5. The number of benzene rings is 2. The van der Waals surface area contributed by atoms with Crippen LogP contribution in [0, 0.1) is 25.2 Å². The number of hydrogen-bond donors (Lipinski definition) is 1. The van der Waals surface area contributed by atoms with Crippen LogP contribution in [0.5, 0.6) is 0 Å². The average Bonchev–Trinajstić information content (AvgIpc) is 2.81. The molecule has 4 nitrogen and oxygen atoms in total. The Balaban J connectivity index is 1.86. The van der Waals surface area contributed by atoms with Gasteiger partial charge in [-0.25, -0.2) is 4.98 Å². The number of aryl methyl sites for hydroxylation is 2. The van der Waals surface area contributed by atoms with E-state index in [0.717, 1.165) is 36.1 Å². The van der Waals surface area contributed by atoms with E-state index in [2.05, 4.69) is 23.5 Å². The second kappa shape index (κ2) is 10.2. The number of halogens is 1. The van der Waals surface area contributed by atoms with Crippen molar-refractivity contribution in [3.05, 3.63) is 88.1 Å². The van der Waals surface area contributed by atoms with Crippen molar-refractivity contribution >= 4 is 35.0 Å². The van der Waals surface area contributed by atoms with Gasteiger partial charge in [0.05, 0.1) is 16.8 Å². The number of nitrogens with one attached hydrogen (secondary N) is 1. The Kier molecular flexibility index (Phi) is 7.17. The Labute approximate surface area is 203 Å². The number of nitriles is 1. The first-order chi connectivity index (χ1) is 16.0. The molecule has 1 amide bonds. The van der Waals surface area contributed by atoms with E-state index in [4.69, 9.17) is 16.6 Å². The fraction of sp³-hybridized carbons (Fsp3) is 0.222. The van der Waals surface area contributed by atoms with Crippen molar-refractivity contribution in [3.8, 4) is 17.2 Å². The van der Waals surface area contributed by atoms with Crippen LogP contribution in [0.4, 0.5) is 5.69 Å². The van der Waals surface area contributed by atoms with E-state index in [-0.39, 0.29) is 11.2 Å². The molecule has 0 aliphatic heterocycles. The SMILES string of the molecule is Cc1ccccc1NC(=O)c1c(C)nc(SC2C=CCCC2)c(C#N)c1-c1ccc(Cl)cc1. The van der Waals surface area contributed by atoms with Gasteiger partial charge in [-0.15, -0.1) is 0 Å². The number of aromatic nitrogens is 1. The molecule has 1 heterocycles. The number of nitrogens with zero attached hydrogens (tertiary/aromatic N) is 2. The average molecular weight is 474 g/mol. The Bertz CT molecular complexity index is 1260. The summed E-state index contributed by atoms with van der Waals surface area (Å²) in [6, 6.07) is 17.2. The van der Waals surface area contributed by atoms with Gasteiger partial charge in [-0.05, 0) is 62.4 Å². The number of rotatable bonds is 5. The summed E-state index contributed by atoms with van der Waals surface area (Å²) in [4.78, 5) is 18.3. The van der Waals surface area contributed by atoms with Crippen LogP contribution in [0.15, 0.2) is 65.7 Å². The van der Waals surface area contributed by atoms with Crippen molar-refractivity contribution < 1.29 is 4.79 Å². The summed E-state index contributed by atoms with van der Waals surface area (Å²) < 4.78 is 0. The Morgan fingerprint density at radius 1 is 1.18 bits per heavy atom. The van der Waals surface area contributed by atoms with E-state index in [1.165, 1.54) is 0 Å². The number of anilines is 1. The van der Waals surface area contributed by atoms with Crippen LogP contribution >= 0.6 is 23.4 Å². The molecule has 0 bridgehead atoms. The molecule has 1 N–H and O–H groups in total. The molecule has 1 aliphatic rings. The van der Waals surface area contributed by atoms with E-state index >= 15 is 0 Å². The highest BCUT2D eigenvalue weighted by Crippen LogP contribution is 2.38. The maximum absolute atomic E-state index is 13.5. The molecule has 0 fully saturated rings. The first-order valence-electron chi connectivity index (χ1n) is 10.9. The summed E-state index contributed by atoms with van der Waals surface area (Å²) in [5.74, 6) is -0.287. The quantitative estimate of drug-likeness (QED) is 0.393. The minimum absolute atomic E-state index is 0.266.